The van der Waals surface area contributed by atoms with Crippen LogP contribution in [0.25, 0.3) is 5.65 Å². The van der Waals surface area contributed by atoms with Crippen molar-refractivity contribution in [2.24, 2.45) is 0 Å². The maximum atomic E-state index is 12.9. The molecule has 2 aliphatic rings. The minimum Gasteiger partial charge on any atom is -0.410 e. The first-order chi connectivity index (χ1) is 21.3. The number of anilines is 2. The average Bonchev–Trinajstić information content (AvgIpc) is 3.45. The number of carbonyl (C=O) groups excluding carboxylic acids is 2. The summed E-state index contributed by atoms with van der Waals surface area (Å²) in [5, 5.41) is 11.4. The first-order valence-corrected chi connectivity index (χ1v) is 15.3. The third-order valence-electron chi connectivity index (χ3n) is 7.71. The number of aromatic nitrogens is 4. The number of carbonyl (C=O) groups is 2. The molecule has 2 N–H and O–H groups in total. The van der Waals surface area contributed by atoms with Crippen LogP contribution in [-0.2, 0) is 16.1 Å². The van der Waals surface area contributed by atoms with Crippen molar-refractivity contribution in [1.29, 1.82) is 0 Å². The summed E-state index contributed by atoms with van der Waals surface area (Å²) in [6, 6.07) is 7.67. The number of ether oxygens (including phenoxy) is 2. The van der Waals surface area contributed by atoms with Gasteiger partial charge >= 0.3 is 6.09 Å². The van der Waals surface area contributed by atoms with E-state index in [1.165, 1.54) is 0 Å². The summed E-state index contributed by atoms with van der Waals surface area (Å²) >= 11 is 0. The van der Waals surface area contributed by atoms with E-state index in [0.29, 0.717) is 56.9 Å². The number of hydrogen-bond acceptors (Lipinski definition) is 10. The van der Waals surface area contributed by atoms with Gasteiger partial charge in [-0.1, -0.05) is 32.1 Å². The molecule has 2 aliphatic heterocycles. The quantitative estimate of drug-likeness (QED) is 0.333. The van der Waals surface area contributed by atoms with Gasteiger partial charge in [0.2, 0.25) is 17.8 Å². The van der Waals surface area contributed by atoms with E-state index < -0.39 is 6.09 Å². The zero-order valence-electron chi connectivity index (χ0n) is 26.0. The highest BCUT2D eigenvalue weighted by Gasteiger charge is 2.25. The second kappa shape index (κ2) is 14.5. The van der Waals surface area contributed by atoms with Crippen LogP contribution in [0.5, 0.6) is 5.75 Å². The molecule has 236 valence electrons. The number of fused-ring (bicyclic) bond motifs is 1. The molecular formula is C31H43N9O4. The summed E-state index contributed by atoms with van der Waals surface area (Å²) < 4.78 is 12.9. The van der Waals surface area contributed by atoms with Crippen molar-refractivity contribution in [1.82, 2.24) is 34.3 Å². The smallest absolute Gasteiger partial charge is 0.410 e. The van der Waals surface area contributed by atoms with Crippen LogP contribution < -0.4 is 15.4 Å². The van der Waals surface area contributed by atoms with Crippen molar-refractivity contribution in [2.75, 3.05) is 70.7 Å². The number of benzene rings is 1. The van der Waals surface area contributed by atoms with Gasteiger partial charge in [-0.05, 0) is 50.6 Å². The van der Waals surface area contributed by atoms with Crippen LogP contribution in [0.3, 0.4) is 0 Å². The molecule has 44 heavy (non-hydrogen) atoms. The largest absolute Gasteiger partial charge is 0.415 e. The molecule has 3 aromatic rings. The normalized spacial score (nSPS) is 16.3. The fourth-order valence-corrected chi connectivity index (χ4v) is 5.15. The standard InChI is InChI=1S/C31H43N9O4/c1-22(2)26-21-33-40-28(26)35-29(34-24-10-17-43-18-11-24)36-30(40)32-20-23-7-5-8-25(19-23)44-31(42)39-15-13-38(14-16-39)27(41)9-6-12-37(3)4/h5-9,19,21-22,24H,10-18,20H2,1-4H3,(H2,32,34,35,36). The first-order valence-electron chi connectivity index (χ1n) is 15.3. The molecule has 5 rings (SSSR count). The van der Waals surface area contributed by atoms with Gasteiger partial charge in [0, 0.05) is 70.2 Å². The number of piperazine rings is 1. The SMILES string of the molecule is CC(C)c1cnn2c(NCc3cccc(OC(=O)N4CCN(C(=O)C=CCN(C)C)CC4)c3)nc(NC3CCOCC3)nc12. The third-order valence-corrected chi connectivity index (χ3v) is 7.71. The summed E-state index contributed by atoms with van der Waals surface area (Å²) in [4.78, 5) is 40.3. The Hall–Kier alpha value is -4.23. The van der Waals surface area contributed by atoms with E-state index in [-0.39, 0.29) is 17.9 Å². The molecule has 0 bridgehead atoms. The van der Waals surface area contributed by atoms with Crippen molar-refractivity contribution in [3.05, 3.63) is 53.7 Å². The van der Waals surface area contributed by atoms with E-state index in [0.717, 1.165) is 42.8 Å². The van der Waals surface area contributed by atoms with Gasteiger partial charge in [-0.2, -0.15) is 19.6 Å². The van der Waals surface area contributed by atoms with Gasteiger partial charge in [0.05, 0.1) is 6.20 Å². The van der Waals surface area contributed by atoms with Crippen molar-refractivity contribution < 1.29 is 19.1 Å². The Morgan fingerprint density at radius 1 is 1.11 bits per heavy atom. The Morgan fingerprint density at radius 3 is 2.59 bits per heavy atom. The van der Waals surface area contributed by atoms with Gasteiger partial charge in [0.1, 0.15) is 5.75 Å². The molecule has 0 atom stereocenters. The highest BCUT2D eigenvalue weighted by Crippen LogP contribution is 2.24. The van der Waals surface area contributed by atoms with E-state index in [4.69, 9.17) is 19.4 Å². The zero-order chi connectivity index (χ0) is 31.1. The molecular weight excluding hydrogens is 562 g/mol. The third kappa shape index (κ3) is 8.03. The highest BCUT2D eigenvalue weighted by atomic mass is 16.6. The fraction of sp³-hybridized carbons (Fsp3) is 0.516. The minimum atomic E-state index is -0.426. The predicted octanol–water partition coefficient (Wildman–Crippen LogP) is 3.21. The van der Waals surface area contributed by atoms with Crippen molar-refractivity contribution in [3.63, 3.8) is 0 Å². The number of nitrogens with one attached hydrogen (secondary N) is 2. The number of hydrogen-bond donors (Lipinski definition) is 2. The molecule has 0 unspecified atom stereocenters. The fourth-order valence-electron chi connectivity index (χ4n) is 5.15. The molecule has 13 heteroatoms. The number of rotatable bonds is 10. The summed E-state index contributed by atoms with van der Waals surface area (Å²) in [5.41, 5.74) is 2.73. The summed E-state index contributed by atoms with van der Waals surface area (Å²) in [7, 11) is 3.90. The van der Waals surface area contributed by atoms with E-state index in [9.17, 15) is 9.59 Å². The average molecular weight is 606 g/mol. The molecule has 0 saturated carbocycles. The van der Waals surface area contributed by atoms with Gasteiger partial charge in [0.25, 0.3) is 0 Å². The van der Waals surface area contributed by atoms with Crippen LogP contribution in [0.15, 0.2) is 42.6 Å². The lowest BCUT2D eigenvalue weighted by molar-refractivity contribution is -0.127. The molecule has 2 aromatic heterocycles. The van der Waals surface area contributed by atoms with E-state index in [1.54, 1.807) is 26.5 Å². The molecule has 0 spiro atoms. The summed E-state index contributed by atoms with van der Waals surface area (Å²) in [5.74, 6) is 1.80. The topological polar surface area (TPSA) is 129 Å². The van der Waals surface area contributed by atoms with Crippen LogP contribution in [0.1, 0.15) is 43.7 Å². The van der Waals surface area contributed by atoms with Crippen LogP contribution in [0, 0.1) is 0 Å². The predicted molar refractivity (Wildman–Crippen MR) is 168 cm³/mol. The van der Waals surface area contributed by atoms with Crippen LogP contribution in [0.2, 0.25) is 0 Å². The van der Waals surface area contributed by atoms with Crippen LogP contribution in [-0.4, -0.2) is 112 Å². The molecule has 13 nitrogen and oxygen atoms in total. The molecule has 2 amide bonds. The highest BCUT2D eigenvalue weighted by molar-refractivity contribution is 5.87. The van der Waals surface area contributed by atoms with Gasteiger partial charge in [-0.25, -0.2) is 4.79 Å². The summed E-state index contributed by atoms with van der Waals surface area (Å²) in [6.45, 7) is 8.60. The summed E-state index contributed by atoms with van der Waals surface area (Å²) in [6.07, 6.45) is 6.67. The lowest BCUT2D eigenvalue weighted by Crippen LogP contribution is -2.51. The van der Waals surface area contributed by atoms with Gasteiger partial charge in [-0.15, -0.1) is 0 Å². The lowest BCUT2D eigenvalue weighted by Gasteiger charge is -2.33. The maximum Gasteiger partial charge on any atom is 0.415 e. The Morgan fingerprint density at radius 2 is 1.86 bits per heavy atom. The molecule has 0 radical (unpaired) electrons. The maximum absolute atomic E-state index is 12.9. The second-order valence-electron chi connectivity index (χ2n) is 11.7. The Balaban J connectivity index is 1.20. The molecule has 2 fully saturated rings. The first kappa shape index (κ1) is 31.2. The molecule has 4 heterocycles. The van der Waals surface area contributed by atoms with Gasteiger partial charge in [0.15, 0.2) is 5.65 Å². The van der Waals surface area contributed by atoms with Gasteiger partial charge < -0.3 is 34.8 Å². The van der Waals surface area contributed by atoms with E-state index >= 15 is 0 Å². The molecule has 0 aliphatic carbocycles. The van der Waals surface area contributed by atoms with Crippen molar-refractivity contribution in [3.8, 4) is 5.75 Å². The minimum absolute atomic E-state index is 0.0388. The number of likely N-dealkylation sites (N-methyl/N-ethyl adjacent to an activating group) is 1. The van der Waals surface area contributed by atoms with Crippen molar-refractivity contribution in [2.45, 2.75) is 45.2 Å². The number of nitrogens with zero attached hydrogens (tertiary/aromatic N) is 7. The Labute approximate surface area is 258 Å². The van der Waals surface area contributed by atoms with Gasteiger partial charge in [-0.3, -0.25) is 4.79 Å². The van der Waals surface area contributed by atoms with Crippen LogP contribution in [0.4, 0.5) is 16.7 Å². The number of amides is 2. The Kier molecular flexibility index (Phi) is 10.3. The zero-order valence-corrected chi connectivity index (χ0v) is 26.0. The van der Waals surface area contributed by atoms with Crippen LogP contribution >= 0.6 is 0 Å². The lowest BCUT2D eigenvalue weighted by atomic mass is 10.1. The van der Waals surface area contributed by atoms with Crippen molar-refractivity contribution >= 4 is 29.5 Å². The molecule has 2 saturated heterocycles. The monoisotopic (exact) mass is 605 g/mol. The second-order valence-corrected chi connectivity index (χ2v) is 11.7. The van der Waals surface area contributed by atoms with E-state index in [2.05, 4.69) is 29.6 Å². The van der Waals surface area contributed by atoms with E-state index in [1.807, 2.05) is 49.5 Å². The molecule has 1 aromatic carbocycles. The Bertz CT molecular complexity index is 1460.